The SMILES string of the molecule is CC(C)(O)S(=O)(=O)O.CC(C)=O.O.O=S=O. The highest BCUT2D eigenvalue weighted by atomic mass is 32.2. The van der Waals surface area contributed by atoms with Crippen LogP contribution in [-0.2, 0) is 26.5 Å². The molecule has 0 atom stereocenters. The molecule has 0 radical (unpaired) electrons. The summed E-state index contributed by atoms with van der Waals surface area (Å²) in [7, 11) is -4.28. The molecule has 0 rings (SSSR count). The summed E-state index contributed by atoms with van der Waals surface area (Å²) in [6.07, 6.45) is 0. The van der Waals surface area contributed by atoms with Crippen LogP contribution in [0.2, 0.25) is 0 Å². The van der Waals surface area contributed by atoms with E-state index in [0.29, 0.717) is 0 Å². The van der Waals surface area contributed by atoms with Crippen LogP contribution in [0.15, 0.2) is 0 Å². The molecule has 0 aliphatic carbocycles. The molecule has 10 heteroatoms. The molecular weight excluding hydrogens is 264 g/mol. The topological polar surface area (TPSA) is 157 Å². The second-order valence-corrected chi connectivity index (χ2v) is 4.98. The average Bonchev–Trinajstić information content (AvgIpc) is 1.81. The predicted octanol–water partition coefficient (Wildman–Crippen LogP) is -1.30. The third-order valence-electron chi connectivity index (χ3n) is 0.631. The smallest absolute Gasteiger partial charge is 0.335 e. The Morgan fingerprint density at radius 3 is 1.25 bits per heavy atom. The Morgan fingerprint density at radius 2 is 1.25 bits per heavy atom. The summed E-state index contributed by atoms with van der Waals surface area (Å²) in [5, 5.41) is 8.52. The van der Waals surface area contributed by atoms with Gasteiger partial charge in [-0.05, 0) is 27.7 Å². The van der Waals surface area contributed by atoms with Gasteiger partial charge in [-0.3, -0.25) is 4.55 Å². The third kappa shape index (κ3) is 29.2. The van der Waals surface area contributed by atoms with Crippen molar-refractivity contribution >= 4 is 27.5 Å². The van der Waals surface area contributed by atoms with E-state index in [1.54, 1.807) is 0 Å². The van der Waals surface area contributed by atoms with E-state index in [4.69, 9.17) is 18.1 Å². The summed E-state index contributed by atoms with van der Waals surface area (Å²) >= 11 is -0.750. The molecule has 0 saturated heterocycles. The maximum atomic E-state index is 9.96. The fourth-order valence-corrected chi connectivity index (χ4v) is 0. The van der Waals surface area contributed by atoms with Crippen LogP contribution in [0, 0.1) is 0 Å². The van der Waals surface area contributed by atoms with Crippen LogP contribution in [0.1, 0.15) is 27.7 Å². The molecule has 100 valence electrons. The molecule has 4 N–H and O–H groups in total. The van der Waals surface area contributed by atoms with Gasteiger partial charge in [0.25, 0.3) is 10.1 Å². The summed E-state index contributed by atoms with van der Waals surface area (Å²) in [5.74, 6) is 0.167. The molecule has 8 nitrogen and oxygen atoms in total. The first-order valence-corrected chi connectivity index (χ1v) is 5.59. The first-order valence-electron chi connectivity index (χ1n) is 3.48. The van der Waals surface area contributed by atoms with Crippen molar-refractivity contribution in [2.75, 3.05) is 0 Å². The molecule has 0 spiro atoms. The van der Waals surface area contributed by atoms with Gasteiger partial charge in [0, 0.05) is 0 Å². The summed E-state index contributed by atoms with van der Waals surface area (Å²) in [4.78, 5) is 7.41. The normalized spacial score (nSPS) is 9.38. The Kier molecular flexibility index (Phi) is 16.6. The van der Waals surface area contributed by atoms with Crippen molar-refractivity contribution in [3.63, 3.8) is 0 Å². The molecule has 0 aromatic carbocycles. The van der Waals surface area contributed by atoms with Crippen LogP contribution in [0.4, 0.5) is 0 Å². The Balaban J connectivity index is -0.0000000767. The summed E-state index contributed by atoms with van der Waals surface area (Å²) in [6, 6.07) is 0. The summed E-state index contributed by atoms with van der Waals surface area (Å²) < 4.78 is 44.6. The lowest BCUT2D eigenvalue weighted by Gasteiger charge is -2.10. The van der Waals surface area contributed by atoms with Crippen molar-refractivity contribution in [2.24, 2.45) is 0 Å². The maximum absolute atomic E-state index is 9.96. The quantitative estimate of drug-likeness (QED) is 0.565. The minimum absolute atomic E-state index is 0. The molecule has 0 heterocycles. The van der Waals surface area contributed by atoms with Crippen LogP contribution < -0.4 is 0 Å². The standard InChI is InChI=1S/C3H8O4S.C3H6O.O2S.H2O/c1-3(2,4)8(5,6)7;1-3(2)4;1-3-2;/h4H,1-2H3,(H,5,6,7);1-2H3;;1H2. The molecule has 0 saturated carbocycles. The monoisotopic (exact) mass is 280 g/mol. The van der Waals surface area contributed by atoms with Gasteiger partial charge in [0.05, 0.1) is 0 Å². The van der Waals surface area contributed by atoms with Crippen molar-refractivity contribution < 1.29 is 36.8 Å². The van der Waals surface area contributed by atoms with E-state index in [0.717, 1.165) is 13.8 Å². The van der Waals surface area contributed by atoms with E-state index < -0.39 is 26.6 Å². The highest BCUT2D eigenvalue weighted by Gasteiger charge is 2.28. The van der Waals surface area contributed by atoms with Crippen LogP contribution in [0.5, 0.6) is 0 Å². The highest BCUT2D eigenvalue weighted by Crippen LogP contribution is 2.07. The molecule has 0 aliphatic heterocycles. The van der Waals surface area contributed by atoms with Crippen LogP contribution in [0.25, 0.3) is 0 Å². The van der Waals surface area contributed by atoms with Crippen molar-refractivity contribution in [3.8, 4) is 0 Å². The fourth-order valence-electron chi connectivity index (χ4n) is 0. The number of Topliss-reactive ketones (excluding diaryl/α,β-unsaturated/α-hetero) is 1. The molecule has 0 fully saturated rings. The molecule has 0 aliphatic rings. The fraction of sp³-hybridized carbons (Fsp3) is 0.833. The van der Waals surface area contributed by atoms with Gasteiger partial charge >= 0.3 is 11.6 Å². The van der Waals surface area contributed by atoms with Gasteiger partial charge in [-0.2, -0.15) is 16.8 Å². The number of ketones is 1. The molecule has 0 unspecified atom stereocenters. The van der Waals surface area contributed by atoms with Gasteiger partial charge < -0.3 is 15.4 Å². The zero-order valence-corrected chi connectivity index (χ0v) is 10.9. The van der Waals surface area contributed by atoms with E-state index in [9.17, 15) is 13.2 Å². The number of rotatable bonds is 1. The Bertz CT molecular complexity index is 302. The lowest BCUT2D eigenvalue weighted by Crippen LogP contribution is -2.30. The Hall–Kier alpha value is -0.680. The second-order valence-electron chi connectivity index (χ2n) is 2.90. The van der Waals surface area contributed by atoms with Gasteiger partial charge in [-0.25, -0.2) is 0 Å². The highest BCUT2D eigenvalue weighted by molar-refractivity contribution is 7.87. The first kappa shape index (κ1) is 24.5. The zero-order chi connectivity index (χ0) is 13.3. The van der Waals surface area contributed by atoms with Crippen molar-refractivity contribution in [1.82, 2.24) is 0 Å². The van der Waals surface area contributed by atoms with Crippen molar-refractivity contribution in [2.45, 2.75) is 32.6 Å². The second kappa shape index (κ2) is 10.8. The predicted molar refractivity (Wildman–Crippen MR) is 56.7 cm³/mol. The van der Waals surface area contributed by atoms with Gasteiger partial charge in [0.1, 0.15) is 5.78 Å². The molecular formula is C6H16O8S2. The Labute approximate surface area is 97.3 Å². The number of carbonyl (C=O) groups is 1. The minimum Gasteiger partial charge on any atom is -0.412 e. The maximum Gasteiger partial charge on any atom is 0.335 e. The first-order chi connectivity index (χ1) is 6.40. The van der Waals surface area contributed by atoms with E-state index in [1.165, 1.54) is 13.8 Å². The number of carbonyl (C=O) groups excluding carboxylic acids is 1. The van der Waals surface area contributed by atoms with Crippen LogP contribution in [-0.4, -0.2) is 42.7 Å². The molecule has 0 bridgehead atoms. The third-order valence-corrected chi connectivity index (χ3v) is 1.89. The van der Waals surface area contributed by atoms with Crippen molar-refractivity contribution in [3.05, 3.63) is 0 Å². The summed E-state index contributed by atoms with van der Waals surface area (Å²) in [5.41, 5.74) is 0. The molecule has 0 aromatic rings. The molecule has 0 aromatic heterocycles. The average molecular weight is 280 g/mol. The largest absolute Gasteiger partial charge is 0.412 e. The number of aliphatic hydroxyl groups is 1. The summed E-state index contributed by atoms with van der Waals surface area (Å²) in [6.45, 7) is 5.03. The minimum atomic E-state index is -4.28. The van der Waals surface area contributed by atoms with Gasteiger partial charge in [0.2, 0.25) is 0 Å². The van der Waals surface area contributed by atoms with Crippen LogP contribution in [0.3, 0.4) is 0 Å². The van der Waals surface area contributed by atoms with E-state index in [2.05, 4.69) is 0 Å². The van der Waals surface area contributed by atoms with E-state index in [-0.39, 0.29) is 11.3 Å². The number of hydrogen-bond donors (Lipinski definition) is 2. The van der Waals surface area contributed by atoms with Gasteiger partial charge in [-0.1, -0.05) is 0 Å². The van der Waals surface area contributed by atoms with E-state index >= 15 is 0 Å². The van der Waals surface area contributed by atoms with Gasteiger partial charge in [0.15, 0.2) is 4.93 Å². The van der Waals surface area contributed by atoms with E-state index in [1.807, 2.05) is 0 Å². The molecule has 0 amide bonds. The Morgan fingerprint density at radius 1 is 1.19 bits per heavy atom. The lowest BCUT2D eigenvalue weighted by molar-refractivity contribution is -0.115. The van der Waals surface area contributed by atoms with Crippen LogP contribution >= 0.6 is 0 Å². The van der Waals surface area contributed by atoms with Gasteiger partial charge in [-0.15, -0.1) is 0 Å². The lowest BCUT2D eigenvalue weighted by atomic mass is 10.5. The number of hydrogen-bond acceptors (Lipinski definition) is 6. The zero-order valence-electron chi connectivity index (χ0n) is 9.25. The molecule has 16 heavy (non-hydrogen) atoms. The van der Waals surface area contributed by atoms with Crippen molar-refractivity contribution in [1.29, 1.82) is 0 Å².